The maximum absolute atomic E-state index is 13.9. The van der Waals surface area contributed by atoms with E-state index in [1.54, 1.807) is 89.8 Å². The van der Waals surface area contributed by atoms with E-state index in [1.165, 1.54) is 12.1 Å². The quantitative estimate of drug-likeness (QED) is 0.179. The Labute approximate surface area is 268 Å². The number of aromatic nitrogens is 3. The van der Waals surface area contributed by atoms with Gasteiger partial charge in [-0.3, -0.25) is 4.98 Å². The molecule has 0 saturated carbocycles. The van der Waals surface area contributed by atoms with Gasteiger partial charge in [-0.1, -0.05) is 42.5 Å². The number of fused-ring (bicyclic) bond motifs is 6. The van der Waals surface area contributed by atoms with E-state index in [4.69, 9.17) is 0 Å². The van der Waals surface area contributed by atoms with Crippen LogP contribution in [0.5, 0.6) is 0 Å². The van der Waals surface area contributed by atoms with Crippen LogP contribution >= 0.6 is 0 Å². The fraction of sp³-hybridized carbons (Fsp3) is 0.0526. The van der Waals surface area contributed by atoms with Crippen LogP contribution in [0.15, 0.2) is 122 Å². The summed E-state index contributed by atoms with van der Waals surface area (Å²) in [6, 6.07) is 30.5. The normalized spacial score (nSPS) is 12.4. The topological polar surface area (TPSA) is 46.5 Å². The van der Waals surface area contributed by atoms with Crippen LogP contribution in [0, 0.1) is 11.3 Å². The molecule has 234 valence electrons. The third-order valence-corrected chi connectivity index (χ3v) is 8.69. The van der Waals surface area contributed by atoms with Gasteiger partial charge in [0.2, 0.25) is 0 Å². The van der Waals surface area contributed by atoms with Gasteiger partial charge < -0.3 is 9.13 Å². The van der Waals surface area contributed by atoms with Crippen molar-refractivity contribution in [3.8, 4) is 28.6 Å². The van der Waals surface area contributed by atoms with Crippen molar-refractivity contribution in [1.29, 1.82) is 5.26 Å². The van der Waals surface area contributed by atoms with E-state index in [0.29, 0.717) is 66.1 Å². The zero-order valence-corrected chi connectivity index (χ0v) is 24.6. The van der Waals surface area contributed by atoms with Crippen LogP contribution in [0.25, 0.3) is 66.1 Å². The van der Waals surface area contributed by atoms with Crippen molar-refractivity contribution < 1.29 is 26.3 Å². The third kappa shape index (κ3) is 4.50. The third-order valence-electron chi connectivity index (χ3n) is 8.69. The van der Waals surface area contributed by atoms with E-state index in [9.17, 15) is 31.6 Å². The van der Waals surface area contributed by atoms with Gasteiger partial charge in [0.1, 0.15) is 0 Å². The van der Waals surface area contributed by atoms with Crippen LogP contribution in [0.1, 0.15) is 16.7 Å². The predicted molar refractivity (Wildman–Crippen MR) is 173 cm³/mol. The summed E-state index contributed by atoms with van der Waals surface area (Å²) in [5, 5.41) is 12.3. The van der Waals surface area contributed by atoms with Gasteiger partial charge in [0.05, 0.1) is 56.2 Å². The van der Waals surface area contributed by atoms with Gasteiger partial charge in [-0.15, -0.1) is 0 Å². The number of nitrogens with zero attached hydrogens (tertiary/aromatic N) is 4. The zero-order chi connectivity index (χ0) is 33.4. The summed E-state index contributed by atoms with van der Waals surface area (Å²) in [7, 11) is 0. The van der Waals surface area contributed by atoms with Crippen molar-refractivity contribution in [2.75, 3.05) is 0 Å². The second kappa shape index (κ2) is 10.5. The molecule has 0 unspecified atom stereocenters. The molecule has 0 radical (unpaired) electrons. The number of halogens is 6. The van der Waals surface area contributed by atoms with Gasteiger partial charge in [0.15, 0.2) is 0 Å². The van der Waals surface area contributed by atoms with E-state index in [2.05, 4.69) is 11.1 Å². The Bertz CT molecular complexity index is 2600. The van der Waals surface area contributed by atoms with Crippen molar-refractivity contribution in [2.45, 2.75) is 12.4 Å². The van der Waals surface area contributed by atoms with Crippen molar-refractivity contribution in [1.82, 2.24) is 14.1 Å². The molecule has 8 rings (SSSR count). The molecule has 8 aromatic rings. The molecule has 0 amide bonds. The average molecular weight is 647 g/mol. The first-order valence-electron chi connectivity index (χ1n) is 14.7. The van der Waals surface area contributed by atoms with E-state index in [-0.39, 0.29) is 5.56 Å². The molecule has 0 aliphatic carbocycles. The Morgan fingerprint density at radius 1 is 0.542 bits per heavy atom. The summed E-state index contributed by atoms with van der Waals surface area (Å²) < 4.78 is 87.0. The first-order valence-corrected chi connectivity index (χ1v) is 14.7. The number of hydrogen-bond donors (Lipinski definition) is 0. The molecule has 0 aliphatic heterocycles. The van der Waals surface area contributed by atoms with Crippen molar-refractivity contribution in [3.05, 3.63) is 138 Å². The number of rotatable bonds is 3. The number of hydrogen-bond acceptors (Lipinski definition) is 2. The lowest BCUT2D eigenvalue weighted by Crippen LogP contribution is -2.07. The first kappa shape index (κ1) is 29.3. The summed E-state index contributed by atoms with van der Waals surface area (Å²) in [5.74, 6) is 0. The SMILES string of the molecule is N#Cc1cc(-n2c3ccccc3c3cc(C(F)(F)F)ccc32)c(-n2c3ccccc3c3cc(C(F)(F)F)ccc32)cc1-c1cccnc1. The minimum absolute atomic E-state index is 0.278. The van der Waals surface area contributed by atoms with Gasteiger partial charge in [0.25, 0.3) is 0 Å². The zero-order valence-electron chi connectivity index (χ0n) is 24.6. The maximum Gasteiger partial charge on any atom is 0.416 e. The summed E-state index contributed by atoms with van der Waals surface area (Å²) in [6.07, 6.45) is -5.92. The second-order valence-electron chi connectivity index (χ2n) is 11.4. The Hall–Kier alpha value is -6.08. The Balaban J connectivity index is 1.55. The van der Waals surface area contributed by atoms with Gasteiger partial charge in [0, 0.05) is 45.1 Å². The highest BCUT2D eigenvalue weighted by Crippen LogP contribution is 2.43. The highest BCUT2D eigenvalue weighted by Gasteiger charge is 2.33. The molecule has 0 aliphatic rings. The molecule has 5 aromatic carbocycles. The van der Waals surface area contributed by atoms with Crippen LogP contribution in [0.4, 0.5) is 26.3 Å². The standard InChI is InChI=1S/C38H20F6N4/c39-37(40,41)24-11-13-33-29(17-24)26-7-1-3-9-31(26)47(33)35-16-23(20-45)28(22-6-5-15-46-21-22)19-36(35)48-32-10-4-2-8-27(32)30-18-25(38(42,43)44)12-14-34(30)48/h1-19,21H. The predicted octanol–water partition coefficient (Wildman–Crippen LogP) is 10.9. The first-order chi connectivity index (χ1) is 23.0. The average Bonchev–Trinajstić information content (AvgIpc) is 3.59. The minimum Gasteiger partial charge on any atom is -0.307 e. The molecule has 10 heteroatoms. The Kier molecular flexibility index (Phi) is 6.40. The molecule has 4 nitrogen and oxygen atoms in total. The molecular weight excluding hydrogens is 626 g/mol. The van der Waals surface area contributed by atoms with Gasteiger partial charge in [-0.25, -0.2) is 0 Å². The smallest absolute Gasteiger partial charge is 0.307 e. The molecule has 0 bridgehead atoms. The number of pyridine rings is 1. The van der Waals surface area contributed by atoms with E-state index in [1.807, 2.05) is 4.57 Å². The molecule has 0 atom stereocenters. The number of alkyl halides is 6. The molecule has 48 heavy (non-hydrogen) atoms. The number of para-hydroxylation sites is 2. The lowest BCUT2D eigenvalue weighted by Gasteiger charge is -2.19. The summed E-state index contributed by atoms with van der Waals surface area (Å²) in [5.41, 5.74) is 2.94. The second-order valence-corrected chi connectivity index (χ2v) is 11.4. The van der Waals surface area contributed by atoms with Crippen molar-refractivity contribution >= 4 is 43.6 Å². The molecule has 0 fully saturated rings. The monoisotopic (exact) mass is 646 g/mol. The largest absolute Gasteiger partial charge is 0.416 e. The summed E-state index contributed by atoms with van der Waals surface area (Å²) in [4.78, 5) is 4.22. The van der Waals surface area contributed by atoms with Gasteiger partial charge >= 0.3 is 12.4 Å². The van der Waals surface area contributed by atoms with Crippen molar-refractivity contribution in [2.24, 2.45) is 0 Å². The molecule has 0 saturated heterocycles. The van der Waals surface area contributed by atoms with Crippen LogP contribution in [0.3, 0.4) is 0 Å². The molecule has 0 N–H and O–H groups in total. The Morgan fingerprint density at radius 3 is 1.52 bits per heavy atom. The molecule has 3 heterocycles. The highest BCUT2D eigenvalue weighted by atomic mass is 19.4. The van der Waals surface area contributed by atoms with Crippen LogP contribution in [0.2, 0.25) is 0 Å². The summed E-state index contributed by atoms with van der Waals surface area (Å²) >= 11 is 0. The van der Waals surface area contributed by atoms with Crippen molar-refractivity contribution in [3.63, 3.8) is 0 Å². The summed E-state index contributed by atoms with van der Waals surface area (Å²) in [6.45, 7) is 0. The van der Waals surface area contributed by atoms with Gasteiger partial charge in [-0.05, 0) is 66.7 Å². The van der Waals surface area contributed by atoms with E-state index < -0.39 is 23.5 Å². The fourth-order valence-corrected chi connectivity index (χ4v) is 6.61. The van der Waals surface area contributed by atoms with Crippen LogP contribution in [-0.2, 0) is 12.4 Å². The van der Waals surface area contributed by atoms with Gasteiger partial charge in [-0.2, -0.15) is 31.6 Å². The minimum atomic E-state index is -4.57. The lowest BCUT2D eigenvalue weighted by molar-refractivity contribution is -0.138. The Morgan fingerprint density at radius 2 is 1.04 bits per heavy atom. The lowest BCUT2D eigenvalue weighted by atomic mass is 9.99. The highest BCUT2D eigenvalue weighted by molar-refractivity contribution is 6.12. The number of nitriles is 1. The van der Waals surface area contributed by atoms with E-state index in [0.717, 1.165) is 24.3 Å². The molecular formula is C38H20F6N4. The van der Waals surface area contributed by atoms with Crippen LogP contribution < -0.4 is 0 Å². The van der Waals surface area contributed by atoms with Crippen LogP contribution in [-0.4, -0.2) is 14.1 Å². The number of benzene rings is 5. The maximum atomic E-state index is 13.9. The molecule has 3 aromatic heterocycles. The van der Waals surface area contributed by atoms with E-state index >= 15 is 0 Å². The fourth-order valence-electron chi connectivity index (χ4n) is 6.61. The molecule has 0 spiro atoms.